The maximum atomic E-state index is 5.97. The third-order valence-electron chi connectivity index (χ3n) is 2.92. The minimum absolute atomic E-state index is 0.854. The Morgan fingerprint density at radius 2 is 1.59 bits per heavy atom. The van der Waals surface area contributed by atoms with Crippen LogP contribution in [0.1, 0.15) is 12.5 Å². The molecule has 0 radical (unpaired) electrons. The molecule has 0 spiro atoms. The maximum Gasteiger partial charge on any atom is 0.0449 e. The Bertz CT molecular complexity index is 465. The van der Waals surface area contributed by atoms with Crippen LogP contribution in [0.2, 0.25) is 0 Å². The molecule has 17 heavy (non-hydrogen) atoms. The summed E-state index contributed by atoms with van der Waals surface area (Å²) in [7, 11) is 0. The lowest BCUT2D eigenvalue weighted by molar-refractivity contribution is 0.833. The lowest BCUT2D eigenvalue weighted by atomic mass is 10.1. The molecule has 0 amide bonds. The lowest BCUT2D eigenvalue weighted by Crippen LogP contribution is -2.22. The first-order valence-corrected chi connectivity index (χ1v) is 5.94. The summed E-state index contributed by atoms with van der Waals surface area (Å²) >= 11 is 0. The van der Waals surface area contributed by atoms with E-state index in [-0.39, 0.29) is 0 Å². The first kappa shape index (κ1) is 11.5. The highest BCUT2D eigenvalue weighted by molar-refractivity contribution is 5.51. The van der Waals surface area contributed by atoms with Crippen molar-refractivity contribution >= 4 is 11.4 Å². The Hall–Kier alpha value is -1.96. The van der Waals surface area contributed by atoms with Crippen LogP contribution in [0, 0.1) is 0 Å². The lowest BCUT2D eigenvalue weighted by Gasteiger charge is -2.23. The van der Waals surface area contributed by atoms with E-state index in [1.807, 2.05) is 24.3 Å². The van der Waals surface area contributed by atoms with Gasteiger partial charge in [-0.3, -0.25) is 0 Å². The first-order chi connectivity index (χ1) is 8.31. The van der Waals surface area contributed by atoms with Crippen LogP contribution >= 0.6 is 0 Å². The van der Waals surface area contributed by atoms with Gasteiger partial charge in [-0.25, -0.2) is 0 Å². The summed E-state index contributed by atoms with van der Waals surface area (Å²) in [5.41, 5.74) is 9.25. The first-order valence-electron chi connectivity index (χ1n) is 5.94. The molecule has 2 N–H and O–H groups in total. The van der Waals surface area contributed by atoms with Crippen LogP contribution < -0.4 is 10.6 Å². The van der Waals surface area contributed by atoms with Gasteiger partial charge in [0.1, 0.15) is 0 Å². The van der Waals surface area contributed by atoms with Gasteiger partial charge in [-0.1, -0.05) is 36.4 Å². The highest BCUT2D eigenvalue weighted by Crippen LogP contribution is 2.19. The van der Waals surface area contributed by atoms with E-state index in [0.717, 1.165) is 18.8 Å². The Labute approximate surface area is 103 Å². The van der Waals surface area contributed by atoms with E-state index >= 15 is 0 Å². The van der Waals surface area contributed by atoms with E-state index in [9.17, 15) is 0 Å². The van der Waals surface area contributed by atoms with Crippen molar-refractivity contribution in [3.05, 3.63) is 60.2 Å². The third-order valence-corrected chi connectivity index (χ3v) is 2.92. The summed E-state index contributed by atoms with van der Waals surface area (Å²) in [6.45, 7) is 3.98. The van der Waals surface area contributed by atoms with Crippen molar-refractivity contribution in [1.29, 1.82) is 0 Å². The van der Waals surface area contributed by atoms with Crippen LogP contribution in [0.5, 0.6) is 0 Å². The molecule has 2 heteroatoms. The van der Waals surface area contributed by atoms with Gasteiger partial charge in [0.05, 0.1) is 0 Å². The standard InChI is InChI=1S/C15H18N2/c1-2-17(14-9-4-3-5-10-14)12-13-8-6-7-11-15(13)16/h3-11H,2,12,16H2,1H3. The number of anilines is 2. The second-order valence-corrected chi connectivity index (χ2v) is 4.05. The van der Waals surface area contributed by atoms with Gasteiger partial charge in [0, 0.05) is 24.5 Å². The summed E-state index contributed by atoms with van der Waals surface area (Å²) in [5, 5.41) is 0. The van der Waals surface area contributed by atoms with Crippen molar-refractivity contribution in [2.75, 3.05) is 17.2 Å². The summed E-state index contributed by atoms with van der Waals surface area (Å²) in [6.07, 6.45) is 0. The summed E-state index contributed by atoms with van der Waals surface area (Å²) in [5.74, 6) is 0. The summed E-state index contributed by atoms with van der Waals surface area (Å²) in [4.78, 5) is 2.31. The number of nitrogen functional groups attached to an aromatic ring is 1. The molecule has 2 rings (SSSR count). The van der Waals surface area contributed by atoms with E-state index in [2.05, 4.69) is 42.2 Å². The van der Waals surface area contributed by atoms with Crippen molar-refractivity contribution in [3.63, 3.8) is 0 Å². The van der Waals surface area contributed by atoms with Crippen LogP contribution in [0.4, 0.5) is 11.4 Å². The van der Waals surface area contributed by atoms with Gasteiger partial charge in [-0.05, 0) is 30.7 Å². The zero-order chi connectivity index (χ0) is 12.1. The second-order valence-electron chi connectivity index (χ2n) is 4.05. The number of para-hydroxylation sites is 2. The molecule has 0 atom stereocenters. The molecule has 0 aliphatic heterocycles. The van der Waals surface area contributed by atoms with Gasteiger partial charge in [0.2, 0.25) is 0 Å². The highest BCUT2D eigenvalue weighted by Gasteiger charge is 2.06. The van der Waals surface area contributed by atoms with Crippen LogP contribution in [0.25, 0.3) is 0 Å². The number of benzene rings is 2. The maximum absolute atomic E-state index is 5.97. The van der Waals surface area contributed by atoms with Gasteiger partial charge in [0.25, 0.3) is 0 Å². The smallest absolute Gasteiger partial charge is 0.0449 e. The van der Waals surface area contributed by atoms with Gasteiger partial charge in [-0.2, -0.15) is 0 Å². The Morgan fingerprint density at radius 1 is 0.941 bits per heavy atom. The average molecular weight is 226 g/mol. The van der Waals surface area contributed by atoms with E-state index in [1.165, 1.54) is 11.3 Å². The van der Waals surface area contributed by atoms with Crippen LogP contribution in [-0.2, 0) is 6.54 Å². The second kappa shape index (κ2) is 5.39. The molecule has 2 aromatic rings. The fourth-order valence-electron chi connectivity index (χ4n) is 1.91. The minimum Gasteiger partial charge on any atom is -0.398 e. The fraction of sp³-hybridized carbons (Fsp3) is 0.200. The molecule has 2 aromatic carbocycles. The van der Waals surface area contributed by atoms with Gasteiger partial charge >= 0.3 is 0 Å². The predicted octanol–water partition coefficient (Wildman–Crippen LogP) is 3.30. The zero-order valence-electron chi connectivity index (χ0n) is 10.1. The van der Waals surface area contributed by atoms with Gasteiger partial charge in [0.15, 0.2) is 0 Å². The molecule has 0 aromatic heterocycles. The van der Waals surface area contributed by atoms with E-state index in [1.54, 1.807) is 0 Å². The predicted molar refractivity (Wildman–Crippen MR) is 74.0 cm³/mol. The van der Waals surface area contributed by atoms with Crippen LogP contribution in [-0.4, -0.2) is 6.54 Å². The normalized spacial score (nSPS) is 10.2. The van der Waals surface area contributed by atoms with E-state index in [4.69, 9.17) is 5.73 Å². The van der Waals surface area contributed by atoms with Gasteiger partial charge < -0.3 is 10.6 Å². The number of nitrogens with two attached hydrogens (primary N) is 1. The quantitative estimate of drug-likeness (QED) is 0.810. The Morgan fingerprint density at radius 3 is 2.24 bits per heavy atom. The molecule has 0 aliphatic rings. The zero-order valence-corrected chi connectivity index (χ0v) is 10.1. The van der Waals surface area contributed by atoms with Crippen LogP contribution in [0.3, 0.4) is 0 Å². The molecule has 0 saturated heterocycles. The number of rotatable bonds is 4. The molecule has 88 valence electrons. The molecule has 0 bridgehead atoms. The van der Waals surface area contributed by atoms with Crippen LogP contribution in [0.15, 0.2) is 54.6 Å². The van der Waals surface area contributed by atoms with Crippen molar-refractivity contribution in [3.8, 4) is 0 Å². The topological polar surface area (TPSA) is 29.3 Å². The summed E-state index contributed by atoms with van der Waals surface area (Å²) < 4.78 is 0. The van der Waals surface area contributed by atoms with E-state index < -0.39 is 0 Å². The number of hydrogen-bond acceptors (Lipinski definition) is 2. The largest absolute Gasteiger partial charge is 0.398 e. The Kier molecular flexibility index (Phi) is 3.66. The summed E-state index contributed by atoms with van der Waals surface area (Å²) in [6, 6.07) is 18.5. The third kappa shape index (κ3) is 2.78. The van der Waals surface area contributed by atoms with Gasteiger partial charge in [-0.15, -0.1) is 0 Å². The molecule has 0 unspecified atom stereocenters. The Balaban J connectivity index is 2.19. The van der Waals surface area contributed by atoms with E-state index in [0.29, 0.717) is 0 Å². The monoisotopic (exact) mass is 226 g/mol. The number of nitrogens with zero attached hydrogens (tertiary/aromatic N) is 1. The fourth-order valence-corrected chi connectivity index (χ4v) is 1.91. The highest BCUT2D eigenvalue weighted by atomic mass is 15.1. The average Bonchev–Trinajstić information content (AvgIpc) is 2.39. The molecular weight excluding hydrogens is 208 g/mol. The van der Waals surface area contributed by atoms with Crippen molar-refractivity contribution in [1.82, 2.24) is 0 Å². The molecule has 0 saturated carbocycles. The van der Waals surface area contributed by atoms with Crippen molar-refractivity contribution < 1.29 is 0 Å². The molecule has 0 fully saturated rings. The van der Waals surface area contributed by atoms with Crippen molar-refractivity contribution in [2.24, 2.45) is 0 Å². The molecule has 0 heterocycles. The SMILES string of the molecule is CCN(Cc1ccccc1N)c1ccccc1. The van der Waals surface area contributed by atoms with Crippen molar-refractivity contribution in [2.45, 2.75) is 13.5 Å². The molecule has 2 nitrogen and oxygen atoms in total. The molecule has 0 aliphatic carbocycles. The number of hydrogen-bond donors (Lipinski definition) is 1. The minimum atomic E-state index is 0.854. The molecular formula is C15H18N2.